The van der Waals surface area contributed by atoms with E-state index < -0.39 is 10.0 Å². The van der Waals surface area contributed by atoms with Crippen molar-refractivity contribution in [3.05, 3.63) is 66.6 Å². The molecule has 2 aromatic heterocycles. The molecule has 0 amide bonds. The Bertz CT molecular complexity index is 910. The number of sulfonamides is 1. The van der Waals surface area contributed by atoms with Crippen LogP contribution in [0.5, 0.6) is 0 Å². The van der Waals surface area contributed by atoms with Crippen molar-refractivity contribution in [3.8, 4) is 11.3 Å². The van der Waals surface area contributed by atoms with Crippen LogP contribution >= 0.6 is 0 Å². The number of nitrogens with zero attached hydrogens (tertiary/aromatic N) is 3. The predicted octanol–water partition coefficient (Wildman–Crippen LogP) is 2.65. The maximum Gasteiger partial charge on any atom is 0.264 e. The predicted molar refractivity (Wildman–Crippen MR) is 87.3 cm³/mol. The summed E-state index contributed by atoms with van der Waals surface area (Å²) in [5.74, 6) is 0.0203. The van der Waals surface area contributed by atoms with Crippen molar-refractivity contribution in [2.24, 2.45) is 0 Å². The zero-order valence-electron chi connectivity index (χ0n) is 12.3. The zero-order chi connectivity index (χ0) is 16.3. The van der Waals surface area contributed by atoms with Crippen molar-refractivity contribution in [3.63, 3.8) is 0 Å². The Labute approximate surface area is 134 Å². The van der Waals surface area contributed by atoms with Crippen molar-refractivity contribution in [1.29, 1.82) is 0 Å². The molecule has 1 aromatic carbocycles. The second-order valence-corrected chi connectivity index (χ2v) is 6.61. The number of anilines is 1. The van der Waals surface area contributed by atoms with E-state index in [0.29, 0.717) is 5.69 Å². The van der Waals surface area contributed by atoms with Crippen LogP contribution in [-0.2, 0) is 10.0 Å². The minimum Gasteiger partial charge on any atom is -0.264 e. The van der Waals surface area contributed by atoms with Crippen LogP contribution in [0, 0.1) is 6.92 Å². The lowest BCUT2D eigenvalue weighted by atomic mass is 10.2. The van der Waals surface area contributed by atoms with Gasteiger partial charge in [-0.15, -0.1) is 0 Å². The van der Waals surface area contributed by atoms with Crippen molar-refractivity contribution in [1.82, 2.24) is 15.0 Å². The molecule has 0 radical (unpaired) electrons. The molecule has 0 aliphatic carbocycles. The lowest BCUT2D eigenvalue weighted by Crippen LogP contribution is -2.15. The molecular formula is C16H14N4O2S. The van der Waals surface area contributed by atoms with Crippen LogP contribution in [0.1, 0.15) is 5.56 Å². The largest absolute Gasteiger partial charge is 0.264 e. The standard InChI is InChI=1S/C16H14N4O2S/c1-12-4-6-14(7-5-12)23(21,22)20-16-18-10-8-15(19-16)13-3-2-9-17-11-13/h2-11H,1H3,(H,18,19,20). The molecule has 1 N–H and O–H groups in total. The Morgan fingerprint density at radius 2 is 1.78 bits per heavy atom. The minimum absolute atomic E-state index is 0.0203. The minimum atomic E-state index is -3.72. The summed E-state index contributed by atoms with van der Waals surface area (Å²) in [7, 11) is -3.72. The summed E-state index contributed by atoms with van der Waals surface area (Å²) in [5, 5.41) is 0. The average Bonchev–Trinajstić information content (AvgIpc) is 2.56. The number of pyridine rings is 1. The van der Waals surface area contributed by atoms with Gasteiger partial charge < -0.3 is 0 Å². The van der Waals surface area contributed by atoms with Crippen molar-refractivity contribution in [2.45, 2.75) is 11.8 Å². The topological polar surface area (TPSA) is 84.8 Å². The summed E-state index contributed by atoms with van der Waals surface area (Å²) in [6.07, 6.45) is 4.81. The summed E-state index contributed by atoms with van der Waals surface area (Å²) in [4.78, 5) is 12.4. The van der Waals surface area contributed by atoms with E-state index in [-0.39, 0.29) is 10.8 Å². The lowest BCUT2D eigenvalue weighted by Gasteiger charge is -2.08. The van der Waals surface area contributed by atoms with E-state index in [1.165, 1.54) is 6.20 Å². The summed E-state index contributed by atoms with van der Waals surface area (Å²) < 4.78 is 27.1. The molecule has 0 atom stereocenters. The Hall–Kier alpha value is -2.80. The third kappa shape index (κ3) is 3.51. The number of benzene rings is 1. The number of aryl methyl sites for hydroxylation is 1. The molecule has 23 heavy (non-hydrogen) atoms. The maximum atomic E-state index is 12.4. The molecule has 116 valence electrons. The van der Waals surface area contributed by atoms with Crippen molar-refractivity contribution >= 4 is 16.0 Å². The average molecular weight is 326 g/mol. The van der Waals surface area contributed by atoms with E-state index in [1.54, 1.807) is 48.8 Å². The van der Waals surface area contributed by atoms with Gasteiger partial charge in [-0.25, -0.2) is 23.1 Å². The fraction of sp³-hybridized carbons (Fsp3) is 0.0625. The molecule has 7 heteroatoms. The fourth-order valence-electron chi connectivity index (χ4n) is 1.98. The van der Waals surface area contributed by atoms with Crippen LogP contribution in [-0.4, -0.2) is 23.4 Å². The van der Waals surface area contributed by atoms with Gasteiger partial charge in [0.05, 0.1) is 10.6 Å². The van der Waals surface area contributed by atoms with Crippen molar-refractivity contribution < 1.29 is 8.42 Å². The van der Waals surface area contributed by atoms with E-state index in [2.05, 4.69) is 19.7 Å². The summed E-state index contributed by atoms with van der Waals surface area (Å²) in [6.45, 7) is 1.89. The summed E-state index contributed by atoms with van der Waals surface area (Å²) in [5.41, 5.74) is 2.36. The molecular weight excluding hydrogens is 312 g/mol. The first kappa shape index (κ1) is 15.1. The highest BCUT2D eigenvalue weighted by Gasteiger charge is 2.15. The Balaban J connectivity index is 1.90. The van der Waals surface area contributed by atoms with Crippen LogP contribution in [0.2, 0.25) is 0 Å². The highest BCUT2D eigenvalue weighted by molar-refractivity contribution is 7.92. The quantitative estimate of drug-likeness (QED) is 0.796. The Morgan fingerprint density at radius 3 is 2.48 bits per heavy atom. The smallest absolute Gasteiger partial charge is 0.264 e. The molecule has 0 bridgehead atoms. The van der Waals surface area contributed by atoms with Gasteiger partial charge in [0.25, 0.3) is 10.0 Å². The zero-order valence-corrected chi connectivity index (χ0v) is 13.2. The molecule has 0 saturated carbocycles. The van der Waals surface area contributed by atoms with Crippen LogP contribution in [0.4, 0.5) is 5.95 Å². The van der Waals surface area contributed by atoms with Gasteiger partial charge in [-0.1, -0.05) is 17.7 Å². The third-order valence-electron chi connectivity index (χ3n) is 3.17. The number of nitrogens with one attached hydrogen (secondary N) is 1. The molecule has 2 heterocycles. The van der Waals surface area contributed by atoms with E-state index in [4.69, 9.17) is 0 Å². The van der Waals surface area contributed by atoms with Gasteiger partial charge in [-0.05, 0) is 37.3 Å². The van der Waals surface area contributed by atoms with E-state index >= 15 is 0 Å². The molecule has 0 unspecified atom stereocenters. The van der Waals surface area contributed by atoms with E-state index in [1.807, 2.05) is 13.0 Å². The summed E-state index contributed by atoms with van der Waals surface area (Å²) >= 11 is 0. The van der Waals surface area contributed by atoms with Gasteiger partial charge in [-0.2, -0.15) is 0 Å². The highest BCUT2D eigenvalue weighted by Crippen LogP contribution is 2.18. The number of hydrogen-bond acceptors (Lipinski definition) is 5. The third-order valence-corrected chi connectivity index (χ3v) is 4.51. The molecule has 3 rings (SSSR count). The van der Waals surface area contributed by atoms with E-state index in [9.17, 15) is 8.42 Å². The molecule has 3 aromatic rings. The van der Waals surface area contributed by atoms with Gasteiger partial charge in [0.1, 0.15) is 0 Å². The van der Waals surface area contributed by atoms with Gasteiger partial charge in [-0.3, -0.25) is 4.98 Å². The monoisotopic (exact) mass is 326 g/mol. The molecule has 0 spiro atoms. The second kappa shape index (κ2) is 6.13. The Kier molecular flexibility index (Phi) is 4.03. The van der Waals surface area contributed by atoms with Crippen LogP contribution in [0.25, 0.3) is 11.3 Å². The first-order chi connectivity index (χ1) is 11.0. The highest BCUT2D eigenvalue weighted by atomic mass is 32.2. The second-order valence-electron chi connectivity index (χ2n) is 4.93. The molecule has 6 nitrogen and oxygen atoms in total. The van der Waals surface area contributed by atoms with Crippen LogP contribution in [0.15, 0.2) is 66.0 Å². The van der Waals surface area contributed by atoms with Gasteiger partial charge in [0.2, 0.25) is 5.95 Å². The van der Waals surface area contributed by atoms with Gasteiger partial charge in [0.15, 0.2) is 0 Å². The van der Waals surface area contributed by atoms with Gasteiger partial charge in [0, 0.05) is 24.2 Å². The van der Waals surface area contributed by atoms with Crippen LogP contribution < -0.4 is 4.72 Å². The maximum absolute atomic E-state index is 12.4. The first-order valence-electron chi connectivity index (χ1n) is 6.87. The number of aromatic nitrogens is 3. The normalized spacial score (nSPS) is 11.2. The fourth-order valence-corrected chi connectivity index (χ4v) is 2.93. The first-order valence-corrected chi connectivity index (χ1v) is 8.36. The summed E-state index contributed by atoms with van der Waals surface area (Å²) in [6, 6.07) is 11.9. The van der Waals surface area contributed by atoms with Crippen molar-refractivity contribution in [2.75, 3.05) is 4.72 Å². The number of hydrogen-bond donors (Lipinski definition) is 1. The van der Waals surface area contributed by atoms with E-state index in [0.717, 1.165) is 11.1 Å². The molecule has 0 aliphatic heterocycles. The lowest BCUT2D eigenvalue weighted by molar-refractivity contribution is 0.601. The Morgan fingerprint density at radius 1 is 1.00 bits per heavy atom. The number of rotatable bonds is 4. The van der Waals surface area contributed by atoms with Gasteiger partial charge >= 0.3 is 0 Å². The molecule has 0 aliphatic rings. The molecule has 0 fully saturated rings. The molecule has 0 saturated heterocycles. The van der Waals surface area contributed by atoms with Crippen LogP contribution in [0.3, 0.4) is 0 Å². The SMILES string of the molecule is Cc1ccc(S(=O)(=O)Nc2nccc(-c3cccnc3)n2)cc1.